The lowest BCUT2D eigenvalue weighted by Gasteiger charge is -2.10. The first-order chi connectivity index (χ1) is 8.61. The van der Waals surface area contributed by atoms with Crippen LogP contribution in [-0.4, -0.2) is 25.7 Å². The highest BCUT2D eigenvalue weighted by Gasteiger charge is 2.04. The number of nitrogen functional groups attached to an aromatic ring is 1. The lowest BCUT2D eigenvalue weighted by Crippen LogP contribution is -2.15. The van der Waals surface area contributed by atoms with E-state index in [1.807, 2.05) is 24.3 Å². The van der Waals surface area contributed by atoms with Gasteiger partial charge in [0.1, 0.15) is 5.84 Å². The van der Waals surface area contributed by atoms with Crippen molar-refractivity contribution in [1.29, 1.82) is 5.41 Å². The quantitative estimate of drug-likeness (QED) is 0.422. The fourth-order valence-corrected chi connectivity index (χ4v) is 1.53. The highest BCUT2D eigenvalue weighted by molar-refractivity contribution is 5.96. The maximum atomic E-state index is 7.47. The van der Waals surface area contributed by atoms with Crippen LogP contribution < -0.4 is 5.73 Å². The number of benzene rings is 1. The molecule has 0 aliphatic carbocycles. The Kier molecular flexibility index (Phi) is 6.39. The van der Waals surface area contributed by atoms with Gasteiger partial charge in [-0.3, -0.25) is 5.41 Å². The molecular weight excluding hydrogens is 228 g/mol. The van der Waals surface area contributed by atoms with Gasteiger partial charge in [-0.25, -0.2) is 0 Å². The molecule has 18 heavy (non-hydrogen) atoms. The van der Waals surface area contributed by atoms with Crippen molar-refractivity contribution >= 4 is 5.84 Å². The third-order valence-electron chi connectivity index (χ3n) is 2.39. The zero-order valence-electron chi connectivity index (χ0n) is 11.1. The van der Waals surface area contributed by atoms with Crippen LogP contribution >= 0.6 is 0 Å². The Labute approximate surface area is 109 Å². The highest BCUT2D eigenvalue weighted by Crippen LogP contribution is 2.09. The summed E-state index contributed by atoms with van der Waals surface area (Å²) in [4.78, 5) is 0. The van der Waals surface area contributed by atoms with Gasteiger partial charge in [-0.15, -0.1) is 0 Å². The molecule has 0 fully saturated rings. The molecule has 1 rings (SSSR count). The van der Waals surface area contributed by atoms with E-state index in [0.29, 0.717) is 25.7 Å². The van der Waals surface area contributed by atoms with Crippen LogP contribution in [0.5, 0.6) is 0 Å². The number of nitrogens with two attached hydrogens (primary N) is 1. The molecule has 0 radical (unpaired) electrons. The van der Waals surface area contributed by atoms with Gasteiger partial charge in [0.25, 0.3) is 0 Å². The van der Waals surface area contributed by atoms with Gasteiger partial charge in [0, 0.05) is 12.2 Å². The average molecular weight is 250 g/mol. The average Bonchev–Trinajstić information content (AvgIpc) is 2.33. The molecule has 0 aliphatic rings. The first kappa shape index (κ1) is 14.7. The van der Waals surface area contributed by atoms with E-state index in [2.05, 4.69) is 13.8 Å². The van der Waals surface area contributed by atoms with Crippen LogP contribution in [0.4, 0.5) is 0 Å². The van der Waals surface area contributed by atoms with Gasteiger partial charge in [0.15, 0.2) is 0 Å². The molecule has 0 spiro atoms. The molecule has 3 N–H and O–H groups in total. The van der Waals surface area contributed by atoms with Crippen molar-refractivity contribution in [1.82, 2.24) is 0 Å². The van der Waals surface area contributed by atoms with E-state index in [4.69, 9.17) is 20.6 Å². The van der Waals surface area contributed by atoms with Crippen LogP contribution in [0.2, 0.25) is 0 Å². The van der Waals surface area contributed by atoms with Crippen LogP contribution in [0.1, 0.15) is 25.0 Å². The predicted molar refractivity (Wildman–Crippen MR) is 72.8 cm³/mol. The summed E-state index contributed by atoms with van der Waals surface area (Å²) in [7, 11) is 0. The molecule has 100 valence electrons. The first-order valence-electron chi connectivity index (χ1n) is 6.19. The van der Waals surface area contributed by atoms with E-state index in [1.54, 1.807) is 0 Å². The van der Waals surface area contributed by atoms with Crippen LogP contribution in [0.3, 0.4) is 0 Å². The molecule has 1 aromatic carbocycles. The summed E-state index contributed by atoms with van der Waals surface area (Å²) in [5, 5.41) is 7.47. The van der Waals surface area contributed by atoms with Crippen LogP contribution in [-0.2, 0) is 16.1 Å². The third-order valence-corrected chi connectivity index (χ3v) is 2.39. The number of amidine groups is 1. The summed E-state index contributed by atoms with van der Waals surface area (Å²) in [6, 6.07) is 7.54. The third kappa shape index (κ3) is 5.29. The number of ether oxygens (including phenoxy) is 2. The Balaban J connectivity index is 2.29. The van der Waals surface area contributed by atoms with Gasteiger partial charge in [0.2, 0.25) is 0 Å². The van der Waals surface area contributed by atoms with Crippen molar-refractivity contribution in [2.45, 2.75) is 20.5 Å². The summed E-state index contributed by atoms with van der Waals surface area (Å²) < 4.78 is 10.9. The topological polar surface area (TPSA) is 68.3 Å². The Morgan fingerprint density at radius 2 is 1.89 bits per heavy atom. The molecule has 4 heteroatoms. The fraction of sp³-hybridized carbons (Fsp3) is 0.500. The minimum atomic E-state index is 0.0743. The second kappa shape index (κ2) is 7.84. The minimum Gasteiger partial charge on any atom is -0.384 e. The van der Waals surface area contributed by atoms with Crippen molar-refractivity contribution in [3.8, 4) is 0 Å². The van der Waals surface area contributed by atoms with Crippen LogP contribution in [0, 0.1) is 11.3 Å². The van der Waals surface area contributed by atoms with E-state index < -0.39 is 0 Å². The second-order valence-electron chi connectivity index (χ2n) is 4.59. The lowest BCUT2D eigenvalue weighted by atomic mass is 10.1. The normalized spacial score (nSPS) is 10.8. The van der Waals surface area contributed by atoms with Gasteiger partial charge in [-0.1, -0.05) is 38.1 Å². The first-order valence-corrected chi connectivity index (χ1v) is 6.19. The molecule has 0 saturated heterocycles. The summed E-state index contributed by atoms with van der Waals surface area (Å²) in [6.45, 7) is 6.60. The van der Waals surface area contributed by atoms with E-state index in [1.165, 1.54) is 0 Å². The van der Waals surface area contributed by atoms with E-state index in [0.717, 1.165) is 17.7 Å². The zero-order chi connectivity index (χ0) is 13.4. The highest BCUT2D eigenvalue weighted by atomic mass is 16.5. The molecule has 0 unspecified atom stereocenters. The number of hydrogen-bond donors (Lipinski definition) is 2. The van der Waals surface area contributed by atoms with Crippen molar-refractivity contribution in [3.05, 3.63) is 35.4 Å². The molecule has 0 aromatic heterocycles. The van der Waals surface area contributed by atoms with Gasteiger partial charge in [-0.05, 0) is 11.5 Å². The standard InChI is InChI=1S/C14H22N2O2/c1-11(2)9-17-7-8-18-10-12-5-3-4-6-13(12)14(15)16/h3-6,11H,7-10H2,1-2H3,(H3,15,16). The molecule has 4 nitrogen and oxygen atoms in total. The van der Waals surface area contributed by atoms with Crippen molar-refractivity contribution in [2.24, 2.45) is 11.7 Å². The Bertz CT molecular complexity index is 378. The van der Waals surface area contributed by atoms with Gasteiger partial charge < -0.3 is 15.2 Å². The molecule has 0 heterocycles. The molecule has 1 aromatic rings. The number of hydrogen-bond acceptors (Lipinski definition) is 3. The van der Waals surface area contributed by atoms with E-state index in [-0.39, 0.29) is 5.84 Å². The van der Waals surface area contributed by atoms with Crippen molar-refractivity contribution < 1.29 is 9.47 Å². The van der Waals surface area contributed by atoms with Crippen molar-refractivity contribution in [2.75, 3.05) is 19.8 Å². The van der Waals surface area contributed by atoms with Crippen molar-refractivity contribution in [3.63, 3.8) is 0 Å². The minimum absolute atomic E-state index is 0.0743. The fourth-order valence-electron chi connectivity index (χ4n) is 1.53. The second-order valence-corrected chi connectivity index (χ2v) is 4.59. The predicted octanol–water partition coefficient (Wildman–Crippen LogP) is 2.16. The largest absolute Gasteiger partial charge is 0.384 e. The molecule has 0 aliphatic heterocycles. The van der Waals surface area contributed by atoms with Gasteiger partial charge >= 0.3 is 0 Å². The Morgan fingerprint density at radius 3 is 2.56 bits per heavy atom. The summed E-state index contributed by atoms with van der Waals surface area (Å²) in [6.07, 6.45) is 0. The lowest BCUT2D eigenvalue weighted by molar-refractivity contribution is 0.0314. The zero-order valence-corrected chi connectivity index (χ0v) is 11.1. The monoisotopic (exact) mass is 250 g/mol. The smallest absolute Gasteiger partial charge is 0.123 e. The van der Waals surface area contributed by atoms with Gasteiger partial charge in [0.05, 0.1) is 19.8 Å². The summed E-state index contributed by atoms with van der Waals surface area (Å²) in [5.74, 6) is 0.619. The van der Waals surface area contributed by atoms with Gasteiger partial charge in [-0.2, -0.15) is 0 Å². The molecule has 0 amide bonds. The Hall–Kier alpha value is -1.39. The van der Waals surface area contributed by atoms with Crippen LogP contribution in [0.25, 0.3) is 0 Å². The molecule has 0 bridgehead atoms. The maximum absolute atomic E-state index is 7.47. The SMILES string of the molecule is CC(C)COCCOCc1ccccc1C(=N)N. The van der Waals surface area contributed by atoms with Crippen LogP contribution in [0.15, 0.2) is 24.3 Å². The Morgan fingerprint density at radius 1 is 1.22 bits per heavy atom. The number of nitrogens with one attached hydrogen (secondary N) is 1. The molecule has 0 atom stereocenters. The van der Waals surface area contributed by atoms with E-state index in [9.17, 15) is 0 Å². The molecule has 0 saturated carbocycles. The molecular formula is C14H22N2O2. The summed E-state index contributed by atoms with van der Waals surface area (Å²) in [5.41, 5.74) is 7.18. The maximum Gasteiger partial charge on any atom is 0.123 e. The number of rotatable bonds is 8. The summed E-state index contributed by atoms with van der Waals surface area (Å²) >= 11 is 0. The van der Waals surface area contributed by atoms with E-state index >= 15 is 0 Å².